The van der Waals surface area contributed by atoms with Crippen LogP contribution < -0.4 is 10.2 Å². The smallest absolute Gasteiger partial charge is 0.238 e. The summed E-state index contributed by atoms with van der Waals surface area (Å²) in [6, 6.07) is 18.9. The van der Waals surface area contributed by atoms with E-state index >= 15 is 0 Å². The Hall–Kier alpha value is -3.35. The molecule has 0 aromatic heterocycles. The largest absolute Gasteiger partial charge is 0.367 e. The average molecular weight is 345 g/mol. The van der Waals surface area contributed by atoms with E-state index in [-0.39, 0.29) is 5.91 Å². The molecule has 6 nitrogen and oxygen atoms in total. The van der Waals surface area contributed by atoms with Crippen LogP contribution in [-0.4, -0.2) is 43.5 Å². The maximum absolute atomic E-state index is 12.2. The minimum absolute atomic E-state index is 0.0419. The molecule has 1 aliphatic rings. The number of rotatable bonds is 4. The highest BCUT2D eigenvalue weighted by atomic mass is 16.2. The molecule has 130 valence electrons. The molecule has 2 aromatic rings. The van der Waals surface area contributed by atoms with Crippen molar-refractivity contribution in [2.45, 2.75) is 0 Å². The molecule has 1 amide bonds. The molecule has 2 aromatic carbocycles. The standard InChI is InChI=1S/C20H19N5O/c21-13-16-5-4-6-17(14-22)20(16)25-11-9-24(10-12-25)15-19(26)23-18-7-2-1-3-8-18/h1-8H,9-12,15H2,(H,23,26). The molecule has 6 heteroatoms. The van der Waals surface area contributed by atoms with Gasteiger partial charge in [0.1, 0.15) is 12.1 Å². The van der Waals surface area contributed by atoms with Crippen LogP contribution in [-0.2, 0) is 4.79 Å². The van der Waals surface area contributed by atoms with Crippen molar-refractivity contribution in [1.29, 1.82) is 10.5 Å². The molecule has 26 heavy (non-hydrogen) atoms. The molecule has 1 N–H and O–H groups in total. The Morgan fingerprint density at radius 1 is 0.923 bits per heavy atom. The first kappa shape index (κ1) is 17.5. The second-order valence-corrected chi connectivity index (χ2v) is 6.10. The van der Waals surface area contributed by atoms with Gasteiger partial charge in [0.2, 0.25) is 5.91 Å². The van der Waals surface area contributed by atoms with Crippen LogP contribution in [0.25, 0.3) is 0 Å². The number of hydrogen-bond donors (Lipinski definition) is 1. The number of piperazine rings is 1. The molecule has 0 spiro atoms. The third kappa shape index (κ3) is 4.00. The maximum Gasteiger partial charge on any atom is 0.238 e. The third-order valence-electron chi connectivity index (χ3n) is 4.39. The van der Waals surface area contributed by atoms with E-state index in [4.69, 9.17) is 0 Å². The van der Waals surface area contributed by atoms with Crippen molar-refractivity contribution in [3.63, 3.8) is 0 Å². The lowest BCUT2D eigenvalue weighted by molar-refractivity contribution is -0.117. The Morgan fingerprint density at radius 3 is 2.12 bits per heavy atom. The van der Waals surface area contributed by atoms with Crippen LogP contribution in [0.3, 0.4) is 0 Å². The van der Waals surface area contributed by atoms with E-state index in [0.29, 0.717) is 49.5 Å². The minimum Gasteiger partial charge on any atom is -0.367 e. The molecular formula is C20H19N5O. The van der Waals surface area contributed by atoms with Crippen LogP contribution in [0.5, 0.6) is 0 Å². The first-order chi connectivity index (χ1) is 12.7. The van der Waals surface area contributed by atoms with Crippen molar-refractivity contribution in [3.05, 3.63) is 59.7 Å². The number of carbonyl (C=O) groups excluding carboxylic acids is 1. The van der Waals surface area contributed by atoms with E-state index in [1.165, 1.54) is 0 Å². The SMILES string of the molecule is N#Cc1cccc(C#N)c1N1CCN(CC(=O)Nc2ccccc2)CC1. The molecule has 0 unspecified atom stereocenters. The van der Waals surface area contributed by atoms with Crippen LogP contribution in [0.15, 0.2) is 48.5 Å². The monoisotopic (exact) mass is 345 g/mol. The van der Waals surface area contributed by atoms with Gasteiger partial charge in [-0.15, -0.1) is 0 Å². The quantitative estimate of drug-likeness (QED) is 0.918. The van der Waals surface area contributed by atoms with E-state index in [2.05, 4.69) is 27.3 Å². The number of hydrogen-bond acceptors (Lipinski definition) is 5. The van der Waals surface area contributed by atoms with E-state index in [9.17, 15) is 15.3 Å². The molecule has 0 atom stereocenters. The van der Waals surface area contributed by atoms with Gasteiger partial charge >= 0.3 is 0 Å². The van der Waals surface area contributed by atoms with Gasteiger partial charge in [0, 0.05) is 31.9 Å². The first-order valence-corrected chi connectivity index (χ1v) is 8.46. The summed E-state index contributed by atoms with van der Waals surface area (Å²) in [6.07, 6.45) is 0. The Morgan fingerprint density at radius 2 is 1.54 bits per heavy atom. The molecule has 0 radical (unpaired) electrons. The molecule has 1 heterocycles. The van der Waals surface area contributed by atoms with Crippen molar-refractivity contribution in [3.8, 4) is 12.1 Å². The summed E-state index contributed by atoms with van der Waals surface area (Å²) in [6.45, 7) is 3.07. The fourth-order valence-corrected chi connectivity index (χ4v) is 3.12. The van der Waals surface area contributed by atoms with Crippen LogP contribution >= 0.6 is 0 Å². The van der Waals surface area contributed by atoms with Crippen molar-refractivity contribution in [2.75, 3.05) is 42.9 Å². The summed E-state index contributed by atoms with van der Waals surface area (Å²) in [5.41, 5.74) is 2.52. The molecule has 1 saturated heterocycles. The zero-order valence-corrected chi connectivity index (χ0v) is 14.4. The molecule has 0 aliphatic carbocycles. The number of benzene rings is 2. The normalized spacial score (nSPS) is 14.3. The highest BCUT2D eigenvalue weighted by Crippen LogP contribution is 2.25. The van der Waals surface area contributed by atoms with Crippen molar-refractivity contribution in [1.82, 2.24) is 4.90 Å². The van der Waals surface area contributed by atoms with Gasteiger partial charge in [-0.3, -0.25) is 9.69 Å². The zero-order chi connectivity index (χ0) is 18.4. The molecule has 0 bridgehead atoms. The summed E-state index contributed by atoms with van der Waals surface area (Å²) in [4.78, 5) is 16.3. The van der Waals surface area contributed by atoms with Crippen LogP contribution in [0.1, 0.15) is 11.1 Å². The van der Waals surface area contributed by atoms with Crippen LogP contribution in [0, 0.1) is 22.7 Å². The maximum atomic E-state index is 12.2. The zero-order valence-electron chi connectivity index (χ0n) is 14.4. The summed E-state index contributed by atoms with van der Waals surface area (Å²) in [5, 5.41) is 21.5. The van der Waals surface area contributed by atoms with E-state index in [0.717, 1.165) is 5.69 Å². The molecular weight excluding hydrogens is 326 g/mol. The van der Waals surface area contributed by atoms with E-state index in [1.54, 1.807) is 18.2 Å². The number of nitrogens with zero attached hydrogens (tertiary/aromatic N) is 4. The van der Waals surface area contributed by atoms with Gasteiger partial charge in [-0.1, -0.05) is 24.3 Å². The highest BCUT2D eigenvalue weighted by molar-refractivity contribution is 5.92. The first-order valence-electron chi connectivity index (χ1n) is 8.46. The van der Waals surface area contributed by atoms with Gasteiger partial charge in [0.25, 0.3) is 0 Å². The third-order valence-corrected chi connectivity index (χ3v) is 4.39. The van der Waals surface area contributed by atoms with Gasteiger partial charge in [-0.2, -0.15) is 10.5 Å². The lowest BCUT2D eigenvalue weighted by atomic mass is 10.1. The van der Waals surface area contributed by atoms with Gasteiger partial charge in [0.15, 0.2) is 0 Å². The summed E-state index contributed by atoms with van der Waals surface area (Å²) < 4.78 is 0. The Balaban J connectivity index is 1.59. The number of nitriles is 2. The fourth-order valence-electron chi connectivity index (χ4n) is 3.12. The lowest BCUT2D eigenvalue weighted by Gasteiger charge is -2.36. The molecule has 0 saturated carbocycles. The topological polar surface area (TPSA) is 83.2 Å². The number of anilines is 2. The predicted molar refractivity (Wildman–Crippen MR) is 99.6 cm³/mol. The Labute approximate surface area is 152 Å². The number of para-hydroxylation sites is 2. The number of nitrogens with one attached hydrogen (secondary N) is 1. The lowest BCUT2D eigenvalue weighted by Crippen LogP contribution is -2.49. The van der Waals surface area contributed by atoms with Gasteiger partial charge in [0.05, 0.1) is 23.4 Å². The van der Waals surface area contributed by atoms with Crippen LogP contribution in [0.2, 0.25) is 0 Å². The van der Waals surface area contributed by atoms with Crippen molar-refractivity contribution < 1.29 is 4.79 Å². The van der Waals surface area contributed by atoms with Crippen molar-refractivity contribution >= 4 is 17.3 Å². The minimum atomic E-state index is -0.0419. The Kier molecular flexibility index (Phi) is 5.48. The van der Waals surface area contributed by atoms with Crippen LogP contribution in [0.4, 0.5) is 11.4 Å². The molecule has 3 rings (SSSR count). The van der Waals surface area contributed by atoms with Crippen molar-refractivity contribution in [2.24, 2.45) is 0 Å². The summed E-state index contributed by atoms with van der Waals surface area (Å²) in [5.74, 6) is -0.0419. The van der Waals surface area contributed by atoms with E-state index < -0.39 is 0 Å². The second kappa shape index (κ2) is 8.15. The fraction of sp³-hybridized carbons (Fsp3) is 0.250. The van der Waals surface area contributed by atoms with Gasteiger partial charge in [-0.25, -0.2) is 0 Å². The second-order valence-electron chi connectivity index (χ2n) is 6.10. The number of amides is 1. The van der Waals surface area contributed by atoms with E-state index in [1.807, 2.05) is 30.3 Å². The van der Waals surface area contributed by atoms with Gasteiger partial charge < -0.3 is 10.2 Å². The highest BCUT2D eigenvalue weighted by Gasteiger charge is 2.23. The summed E-state index contributed by atoms with van der Waals surface area (Å²) in [7, 11) is 0. The molecule has 1 fully saturated rings. The average Bonchev–Trinajstić information content (AvgIpc) is 2.68. The predicted octanol–water partition coefficient (Wildman–Crippen LogP) is 2.19. The molecule has 1 aliphatic heterocycles. The number of carbonyl (C=O) groups is 1. The summed E-state index contributed by atoms with van der Waals surface area (Å²) >= 11 is 0. The van der Waals surface area contributed by atoms with Gasteiger partial charge in [-0.05, 0) is 24.3 Å². The Bertz CT molecular complexity index is 826.